The van der Waals surface area contributed by atoms with Gasteiger partial charge in [-0.3, -0.25) is 0 Å². The topological polar surface area (TPSA) is 12.0 Å². The highest BCUT2D eigenvalue weighted by molar-refractivity contribution is 9.10. The molecule has 17 heavy (non-hydrogen) atoms. The molecule has 1 nitrogen and oxygen atoms in total. The summed E-state index contributed by atoms with van der Waals surface area (Å²) in [6.45, 7) is 1.55. The fourth-order valence-corrected chi connectivity index (χ4v) is 2.40. The molecule has 0 spiro atoms. The van der Waals surface area contributed by atoms with Crippen molar-refractivity contribution < 1.29 is 4.39 Å². The fraction of sp³-hybridized carbons (Fsp3) is 0.538. The van der Waals surface area contributed by atoms with Gasteiger partial charge in [-0.2, -0.15) is 0 Å². The van der Waals surface area contributed by atoms with Gasteiger partial charge >= 0.3 is 0 Å². The number of nitrogens with one attached hydrogen (secondary N) is 1. The Bertz CT molecular complexity index is 331. The maximum absolute atomic E-state index is 13.4. The van der Waals surface area contributed by atoms with Gasteiger partial charge in [-0.05, 0) is 37.6 Å². The van der Waals surface area contributed by atoms with Gasteiger partial charge in [0, 0.05) is 21.9 Å². The largest absolute Gasteiger partial charge is 0.313 e. The Kier molecular flexibility index (Phi) is 8.06. The molecule has 0 aliphatic heterocycles. The minimum atomic E-state index is -0.139. The van der Waals surface area contributed by atoms with Crippen molar-refractivity contribution in [2.24, 2.45) is 0 Å². The Balaban J connectivity index is 2.15. The van der Waals surface area contributed by atoms with E-state index in [4.69, 9.17) is 0 Å². The maximum Gasteiger partial charge on any atom is 0.127 e. The molecular formula is C13H18Br2FN. The molecule has 0 unspecified atom stereocenters. The molecule has 0 bridgehead atoms. The second-order valence-corrected chi connectivity index (χ2v) is 5.72. The second kappa shape index (κ2) is 9.06. The third kappa shape index (κ3) is 6.53. The van der Waals surface area contributed by atoms with Crippen LogP contribution in [0.2, 0.25) is 0 Å². The van der Waals surface area contributed by atoms with Gasteiger partial charge in [-0.25, -0.2) is 4.39 Å². The Morgan fingerprint density at radius 3 is 2.65 bits per heavy atom. The zero-order valence-electron chi connectivity index (χ0n) is 9.82. The molecule has 1 aromatic carbocycles. The predicted octanol–water partition coefficient (Wildman–Crippen LogP) is 4.63. The standard InChI is InChI=1S/C13H18Br2FN/c14-7-3-1-2-4-8-17-10-11-9-12(15)5-6-13(11)16/h5-6,9,17H,1-4,7-8,10H2. The highest BCUT2D eigenvalue weighted by Crippen LogP contribution is 2.15. The van der Waals surface area contributed by atoms with Gasteiger partial charge < -0.3 is 5.32 Å². The van der Waals surface area contributed by atoms with Crippen molar-refractivity contribution in [3.05, 3.63) is 34.1 Å². The molecule has 0 radical (unpaired) electrons. The van der Waals surface area contributed by atoms with E-state index >= 15 is 0 Å². The second-order valence-electron chi connectivity index (χ2n) is 4.02. The minimum absolute atomic E-state index is 0.139. The summed E-state index contributed by atoms with van der Waals surface area (Å²) in [6, 6.07) is 5.05. The number of rotatable bonds is 8. The Hall–Kier alpha value is 0.0700. The first-order valence-electron chi connectivity index (χ1n) is 5.94. The fourth-order valence-electron chi connectivity index (χ4n) is 1.60. The van der Waals surface area contributed by atoms with Crippen molar-refractivity contribution in [3.8, 4) is 0 Å². The Morgan fingerprint density at radius 1 is 1.12 bits per heavy atom. The van der Waals surface area contributed by atoms with Crippen LogP contribution in [-0.2, 0) is 6.54 Å². The zero-order chi connectivity index (χ0) is 12.5. The number of alkyl halides is 1. The SMILES string of the molecule is Fc1ccc(Br)cc1CNCCCCCCBr. The molecule has 0 saturated heterocycles. The van der Waals surface area contributed by atoms with Gasteiger partial charge in [0.15, 0.2) is 0 Å². The van der Waals surface area contributed by atoms with E-state index in [0.717, 1.165) is 28.3 Å². The lowest BCUT2D eigenvalue weighted by Gasteiger charge is -2.06. The molecule has 0 aliphatic carbocycles. The van der Waals surface area contributed by atoms with Gasteiger partial charge in [0.2, 0.25) is 0 Å². The molecule has 0 aliphatic rings. The summed E-state index contributed by atoms with van der Waals surface area (Å²) < 4.78 is 14.3. The first-order chi connectivity index (χ1) is 8.24. The molecule has 0 heterocycles. The van der Waals surface area contributed by atoms with Gasteiger partial charge in [0.1, 0.15) is 5.82 Å². The number of benzene rings is 1. The van der Waals surface area contributed by atoms with E-state index in [1.165, 1.54) is 25.3 Å². The average molecular weight is 367 g/mol. The van der Waals surface area contributed by atoms with Crippen LogP contribution in [0, 0.1) is 5.82 Å². The molecule has 1 N–H and O–H groups in total. The monoisotopic (exact) mass is 365 g/mol. The van der Waals surface area contributed by atoms with Crippen molar-refractivity contribution in [2.75, 3.05) is 11.9 Å². The molecule has 0 amide bonds. The Labute approximate surface area is 119 Å². The van der Waals surface area contributed by atoms with Crippen LogP contribution in [0.1, 0.15) is 31.2 Å². The molecule has 0 aromatic heterocycles. The summed E-state index contributed by atoms with van der Waals surface area (Å²) in [4.78, 5) is 0. The lowest BCUT2D eigenvalue weighted by atomic mass is 10.2. The lowest BCUT2D eigenvalue weighted by molar-refractivity contribution is 0.568. The normalized spacial score (nSPS) is 10.8. The van der Waals surface area contributed by atoms with E-state index in [2.05, 4.69) is 37.2 Å². The van der Waals surface area contributed by atoms with Gasteiger partial charge in [0.25, 0.3) is 0 Å². The van der Waals surface area contributed by atoms with Gasteiger partial charge in [-0.15, -0.1) is 0 Å². The van der Waals surface area contributed by atoms with Crippen molar-refractivity contribution >= 4 is 31.9 Å². The molecule has 1 rings (SSSR count). The number of unbranched alkanes of at least 4 members (excludes halogenated alkanes) is 3. The van der Waals surface area contributed by atoms with Crippen LogP contribution in [0.4, 0.5) is 4.39 Å². The third-order valence-corrected chi connectivity index (χ3v) is 3.61. The van der Waals surface area contributed by atoms with E-state index < -0.39 is 0 Å². The number of hydrogen-bond acceptors (Lipinski definition) is 1. The van der Waals surface area contributed by atoms with Crippen LogP contribution in [0.15, 0.2) is 22.7 Å². The van der Waals surface area contributed by atoms with Gasteiger partial charge in [0.05, 0.1) is 0 Å². The first kappa shape index (κ1) is 15.1. The van der Waals surface area contributed by atoms with Crippen molar-refractivity contribution in [1.29, 1.82) is 0 Å². The maximum atomic E-state index is 13.4. The van der Waals surface area contributed by atoms with E-state index in [1.807, 2.05) is 6.07 Å². The van der Waals surface area contributed by atoms with Crippen molar-refractivity contribution in [2.45, 2.75) is 32.2 Å². The molecule has 4 heteroatoms. The van der Waals surface area contributed by atoms with Crippen LogP contribution >= 0.6 is 31.9 Å². The molecule has 0 atom stereocenters. The zero-order valence-corrected chi connectivity index (χ0v) is 13.0. The summed E-state index contributed by atoms with van der Waals surface area (Å²) in [5, 5.41) is 4.36. The smallest absolute Gasteiger partial charge is 0.127 e. The van der Waals surface area contributed by atoms with E-state index in [0.29, 0.717) is 6.54 Å². The van der Waals surface area contributed by atoms with Crippen LogP contribution in [-0.4, -0.2) is 11.9 Å². The van der Waals surface area contributed by atoms with Crippen molar-refractivity contribution in [1.82, 2.24) is 5.32 Å². The minimum Gasteiger partial charge on any atom is -0.313 e. The molecule has 0 saturated carbocycles. The molecular weight excluding hydrogens is 349 g/mol. The van der Waals surface area contributed by atoms with Crippen LogP contribution < -0.4 is 5.32 Å². The first-order valence-corrected chi connectivity index (χ1v) is 7.86. The summed E-state index contributed by atoms with van der Waals surface area (Å²) in [6.07, 6.45) is 4.89. The summed E-state index contributed by atoms with van der Waals surface area (Å²) in [7, 11) is 0. The average Bonchev–Trinajstić information content (AvgIpc) is 2.32. The lowest BCUT2D eigenvalue weighted by Crippen LogP contribution is -2.15. The predicted molar refractivity (Wildman–Crippen MR) is 78.1 cm³/mol. The summed E-state index contributed by atoms with van der Waals surface area (Å²) >= 11 is 6.76. The quantitative estimate of drug-likeness (QED) is 0.522. The molecule has 96 valence electrons. The molecule has 1 aromatic rings. The highest BCUT2D eigenvalue weighted by atomic mass is 79.9. The summed E-state index contributed by atoms with van der Waals surface area (Å²) in [5.74, 6) is -0.139. The summed E-state index contributed by atoms with van der Waals surface area (Å²) in [5.41, 5.74) is 0.722. The van der Waals surface area contributed by atoms with Gasteiger partial charge in [-0.1, -0.05) is 44.7 Å². The van der Waals surface area contributed by atoms with Crippen molar-refractivity contribution in [3.63, 3.8) is 0 Å². The van der Waals surface area contributed by atoms with Crippen LogP contribution in [0.25, 0.3) is 0 Å². The van der Waals surface area contributed by atoms with Crippen LogP contribution in [0.5, 0.6) is 0 Å². The molecule has 0 fully saturated rings. The van der Waals surface area contributed by atoms with E-state index in [1.54, 1.807) is 6.07 Å². The van der Waals surface area contributed by atoms with Crippen LogP contribution in [0.3, 0.4) is 0 Å². The van der Waals surface area contributed by atoms with E-state index in [-0.39, 0.29) is 5.82 Å². The number of halogens is 3. The third-order valence-electron chi connectivity index (χ3n) is 2.56. The Morgan fingerprint density at radius 2 is 1.88 bits per heavy atom. The number of hydrogen-bond donors (Lipinski definition) is 1. The highest BCUT2D eigenvalue weighted by Gasteiger charge is 2.01. The van der Waals surface area contributed by atoms with E-state index in [9.17, 15) is 4.39 Å².